The lowest BCUT2D eigenvalue weighted by Gasteiger charge is -2.19. The maximum atomic E-state index is 13.6. The molecule has 2 aromatic rings. The van der Waals surface area contributed by atoms with Gasteiger partial charge in [0.1, 0.15) is 5.82 Å². The third-order valence-corrected chi connectivity index (χ3v) is 6.17. The van der Waals surface area contributed by atoms with Gasteiger partial charge in [0.25, 0.3) is 5.91 Å². The molecular formula is C18H20FNO3S. The Labute approximate surface area is 141 Å². The fourth-order valence-electron chi connectivity index (χ4n) is 2.02. The molecule has 0 radical (unpaired) electrons. The molecular weight excluding hydrogens is 329 g/mol. The quantitative estimate of drug-likeness (QED) is 0.913. The second-order valence-corrected chi connectivity index (χ2v) is 9.25. The molecule has 1 amide bonds. The topological polar surface area (TPSA) is 63.2 Å². The molecule has 0 saturated heterocycles. The number of hydrogen-bond donors (Lipinski definition) is 1. The first-order valence-corrected chi connectivity index (χ1v) is 9.12. The Morgan fingerprint density at radius 2 is 1.75 bits per heavy atom. The van der Waals surface area contributed by atoms with Crippen molar-refractivity contribution in [3.05, 3.63) is 65.5 Å². The molecule has 2 rings (SSSR count). The minimum Gasteiger partial charge on any atom is -0.322 e. The lowest BCUT2D eigenvalue weighted by Crippen LogP contribution is -2.29. The van der Waals surface area contributed by atoms with Crippen LogP contribution in [0.4, 0.5) is 10.1 Å². The molecule has 4 nitrogen and oxygen atoms in total. The molecule has 24 heavy (non-hydrogen) atoms. The van der Waals surface area contributed by atoms with E-state index in [0.717, 1.165) is 0 Å². The van der Waals surface area contributed by atoms with Gasteiger partial charge in [0.05, 0.1) is 16.1 Å². The van der Waals surface area contributed by atoms with Gasteiger partial charge in [-0.15, -0.1) is 0 Å². The molecule has 0 heterocycles. The van der Waals surface area contributed by atoms with E-state index in [9.17, 15) is 17.6 Å². The summed E-state index contributed by atoms with van der Waals surface area (Å²) in [5.41, 5.74) is 0.923. The molecule has 0 bridgehead atoms. The smallest absolute Gasteiger partial charge is 0.258 e. The molecule has 0 aromatic heterocycles. The number of hydrogen-bond acceptors (Lipinski definition) is 3. The third kappa shape index (κ3) is 4.20. The normalized spacial score (nSPS) is 12.0. The predicted molar refractivity (Wildman–Crippen MR) is 93.2 cm³/mol. The molecule has 0 atom stereocenters. The fraction of sp³-hybridized carbons (Fsp3) is 0.278. The van der Waals surface area contributed by atoms with E-state index in [0.29, 0.717) is 11.3 Å². The highest BCUT2D eigenvalue weighted by Gasteiger charge is 2.29. The van der Waals surface area contributed by atoms with Crippen LogP contribution in [0, 0.1) is 5.82 Å². The van der Waals surface area contributed by atoms with Crippen molar-refractivity contribution >= 4 is 21.4 Å². The Balaban J connectivity index is 2.20. The van der Waals surface area contributed by atoms with Crippen LogP contribution in [0.2, 0.25) is 0 Å². The highest BCUT2D eigenvalue weighted by atomic mass is 32.2. The van der Waals surface area contributed by atoms with Crippen molar-refractivity contribution in [3.63, 3.8) is 0 Å². The number of carbonyl (C=O) groups is 1. The van der Waals surface area contributed by atoms with E-state index >= 15 is 0 Å². The van der Waals surface area contributed by atoms with Crippen molar-refractivity contribution in [1.29, 1.82) is 0 Å². The van der Waals surface area contributed by atoms with Crippen molar-refractivity contribution in [2.75, 3.05) is 5.32 Å². The van der Waals surface area contributed by atoms with Crippen molar-refractivity contribution < 1.29 is 17.6 Å². The van der Waals surface area contributed by atoms with Crippen molar-refractivity contribution in [2.45, 2.75) is 31.3 Å². The molecule has 0 aliphatic carbocycles. The predicted octanol–water partition coefficient (Wildman–Crippen LogP) is 3.79. The van der Waals surface area contributed by atoms with Gasteiger partial charge >= 0.3 is 0 Å². The van der Waals surface area contributed by atoms with Crippen LogP contribution in [-0.4, -0.2) is 19.1 Å². The van der Waals surface area contributed by atoms with Crippen LogP contribution in [0.1, 0.15) is 36.7 Å². The first-order chi connectivity index (χ1) is 11.1. The second kappa shape index (κ2) is 6.73. The van der Waals surface area contributed by atoms with Crippen LogP contribution in [0.3, 0.4) is 0 Å². The number of halogens is 1. The third-order valence-electron chi connectivity index (χ3n) is 3.59. The van der Waals surface area contributed by atoms with Gasteiger partial charge in [-0.05, 0) is 50.6 Å². The lowest BCUT2D eigenvalue weighted by atomic mass is 10.2. The number of benzene rings is 2. The average Bonchev–Trinajstić information content (AvgIpc) is 2.46. The Morgan fingerprint density at radius 3 is 2.38 bits per heavy atom. The van der Waals surface area contributed by atoms with Crippen LogP contribution in [-0.2, 0) is 15.6 Å². The summed E-state index contributed by atoms with van der Waals surface area (Å²) in [7, 11) is -3.33. The molecule has 1 N–H and O–H groups in total. The van der Waals surface area contributed by atoms with E-state index in [1.54, 1.807) is 51.1 Å². The summed E-state index contributed by atoms with van der Waals surface area (Å²) in [6.45, 7) is 4.93. The van der Waals surface area contributed by atoms with Crippen molar-refractivity contribution in [2.24, 2.45) is 0 Å². The molecule has 0 aliphatic rings. The van der Waals surface area contributed by atoms with E-state index in [4.69, 9.17) is 0 Å². The number of carbonyl (C=O) groups excluding carboxylic acids is 1. The first kappa shape index (κ1) is 18.1. The summed E-state index contributed by atoms with van der Waals surface area (Å²) in [5, 5.41) is 2.59. The molecule has 0 saturated carbocycles. The van der Waals surface area contributed by atoms with Gasteiger partial charge in [0.2, 0.25) is 0 Å². The van der Waals surface area contributed by atoms with Gasteiger partial charge < -0.3 is 5.32 Å². The van der Waals surface area contributed by atoms with Gasteiger partial charge in [-0.25, -0.2) is 12.8 Å². The van der Waals surface area contributed by atoms with Crippen LogP contribution in [0.25, 0.3) is 0 Å². The van der Waals surface area contributed by atoms with Crippen LogP contribution >= 0.6 is 0 Å². The number of anilines is 1. The number of nitrogens with one attached hydrogen (secondary N) is 1. The maximum absolute atomic E-state index is 13.6. The molecule has 128 valence electrons. The Morgan fingerprint density at radius 1 is 1.08 bits per heavy atom. The summed E-state index contributed by atoms with van der Waals surface area (Å²) >= 11 is 0. The molecule has 6 heteroatoms. The van der Waals surface area contributed by atoms with Gasteiger partial charge in [0.15, 0.2) is 9.84 Å². The summed E-state index contributed by atoms with van der Waals surface area (Å²) < 4.78 is 37.3. The van der Waals surface area contributed by atoms with Gasteiger partial charge in [-0.2, -0.15) is 0 Å². The van der Waals surface area contributed by atoms with Crippen LogP contribution in [0.5, 0.6) is 0 Å². The van der Waals surface area contributed by atoms with Crippen molar-refractivity contribution in [3.8, 4) is 0 Å². The Kier molecular flexibility index (Phi) is 5.08. The average molecular weight is 349 g/mol. The zero-order valence-corrected chi connectivity index (χ0v) is 14.7. The number of sulfone groups is 1. The minimum absolute atomic E-state index is 0.0646. The number of rotatable bonds is 4. The van der Waals surface area contributed by atoms with Gasteiger partial charge in [0, 0.05) is 5.69 Å². The van der Waals surface area contributed by atoms with Gasteiger partial charge in [-0.1, -0.05) is 24.3 Å². The van der Waals surface area contributed by atoms with E-state index in [1.807, 2.05) is 0 Å². The van der Waals surface area contributed by atoms with Crippen molar-refractivity contribution in [1.82, 2.24) is 0 Å². The first-order valence-electron chi connectivity index (χ1n) is 7.47. The summed E-state index contributed by atoms with van der Waals surface area (Å²) in [6, 6.07) is 12.2. The molecule has 0 unspecified atom stereocenters. The fourth-order valence-corrected chi connectivity index (χ4v) is 3.07. The zero-order chi connectivity index (χ0) is 18.0. The lowest BCUT2D eigenvalue weighted by molar-refractivity contribution is 0.102. The Hall–Kier alpha value is -2.21. The van der Waals surface area contributed by atoms with Gasteiger partial charge in [-0.3, -0.25) is 4.79 Å². The molecule has 0 spiro atoms. The van der Waals surface area contributed by atoms with E-state index in [2.05, 4.69) is 5.32 Å². The van der Waals surface area contributed by atoms with Crippen LogP contribution < -0.4 is 5.32 Å². The summed E-state index contributed by atoms with van der Waals surface area (Å²) in [4.78, 5) is 12.1. The largest absolute Gasteiger partial charge is 0.322 e. The highest BCUT2D eigenvalue weighted by molar-refractivity contribution is 7.91. The summed E-state index contributed by atoms with van der Waals surface area (Å²) in [6.07, 6.45) is 0. The molecule has 0 aliphatic heterocycles. The summed E-state index contributed by atoms with van der Waals surface area (Å²) in [5.74, 6) is -1.31. The highest BCUT2D eigenvalue weighted by Crippen LogP contribution is 2.22. The van der Waals surface area contributed by atoms with E-state index in [1.165, 1.54) is 18.2 Å². The standard InChI is InChI=1S/C18H20FNO3S/c1-18(2,3)24(22,23)12-13-7-6-8-14(11-13)20-17(21)15-9-4-5-10-16(15)19/h4-11H,12H2,1-3H3,(H,20,21). The minimum atomic E-state index is -3.33. The molecule has 0 fully saturated rings. The number of amides is 1. The van der Waals surface area contributed by atoms with E-state index in [-0.39, 0.29) is 11.3 Å². The Bertz CT molecular complexity index is 855. The maximum Gasteiger partial charge on any atom is 0.258 e. The van der Waals surface area contributed by atoms with E-state index < -0.39 is 26.3 Å². The zero-order valence-electron chi connectivity index (χ0n) is 13.8. The van der Waals surface area contributed by atoms with Crippen LogP contribution in [0.15, 0.2) is 48.5 Å². The molecule has 2 aromatic carbocycles. The second-order valence-electron chi connectivity index (χ2n) is 6.51. The SMILES string of the molecule is CC(C)(C)S(=O)(=O)Cc1cccc(NC(=O)c2ccccc2F)c1. The monoisotopic (exact) mass is 349 g/mol.